The zero-order valence-electron chi connectivity index (χ0n) is 16.1. The van der Waals surface area contributed by atoms with E-state index in [0.29, 0.717) is 11.6 Å². The van der Waals surface area contributed by atoms with Gasteiger partial charge in [0.2, 0.25) is 0 Å². The second kappa shape index (κ2) is 7.68. The summed E-state index contributed by atoms with van der Waals surface area (Å²) in [7, 11) is 0. The van der Waals surface area contributed by atoms with Crippen LogP contribution in [0.15, 0.2) is 41.9 Å². The molecule has 0 aliphatic carbocycles. The van der Waals surface area contributed by atoms with Gasteiger partial charge in [-0.25, -0.2) is 4.98 Å². The van der Waals surface area contributed by atoms with Gasteiger partial charge in [0, 0.05) is 37.8 Å². The SMILES string of the molecule is O=C(c1nc2sccn2c1CN1CCC[C@H](c2ccccc2)C1)N1CCCC1. The van der Waals surface area contributed by atoms with E-state index in [0.717, 1.165) is 56.2 Å². The monoisotopic (exact) mass is 394 g/mol. The van der Waals surface area contributed by atoms with Crippen molar-refractivity contribution >= 4 is 22.2 Å². The summed E-state index contributed by atoms with van der Waals surface area (Å²) in [6, 6.07) is 10.8. The summed E-state index contributed by atoms with van der Waals surface area (Å²) in [6.45, 7) is 4.64. The third-order valence-corrected chi connectivity index (χ3v) is 6.86. The van der Waals surface area contributed by atoms with Crippen LogP contribution in [0.1, 0.15) is 53.3 Å². The number of benzene rings is 1. The molecule has 0 radical (unpaired) electrons. The molecular formula is C22H26N4OS. The smallest absolute Gasteiger partial charge is 0.274 e. The molecule has 1 atom stereocenters. The van der Waals surface area contributed by atoms with E-state index in [1.54, 1.807) is 11.3 Å². The average molecular weight is 395 g/mol. The zero-order chi connectivity index (χ0) is 18.9. The first kappa shape index (κ1) is 17.9. The summed E-state index contributed by atoms with van der Waals surface area (Å²) < 4.78 is 2.13. The van der Waals surface area contributed by atoms with Gasteiger partial charge in [0.25, 0.3) is 5.91 Å². The maximum Gasteiger partial charge on any atom is 0.274 e. The van der Waals surface area contributed by atoms with E-state index in [2.05, 4.69) is 51.2 Å². The Labute approximate surface area is 169 Å². The Hall–Kier alpha value is -2.18. The number of piperidine rings is 1. The Balaban J connectivity index is 1.40. The standard InChI is InChI=1S/C22H26N4OS/c27-21(25-11-4-5-12-25)20-19(26-13-14-28-22(26)23-20)16-24-10-6-9-18(15-24)17-7-2-1-3-8-17/h1-3,7-8,13-14,18H,4-6,9-12,15-16H2/t18-/m0/s1. The number of hydrogen-bond acceptors (Lipinski definition) is 4. The second-order valence-corrected chi connectivity index (χ2v) is 8.82. The number of amides is 1. The molecule has 0 unspecified atom stereocenters. The van der Waals surface area contributed by atoms with Crippen LogP contribution in [0.2, 0.25) is 0 Å². The van der Waals surface area contributed by atoms with Gasteiger partial charge in [-0.3, -0.25) is 14.1 Å². The normalized spacial score (nSPS) is 20.9. The van der Waals surface area contributed by atoms with Crippen molar-refractivity contribution in [2.75, 3.05) is 26.2 Å². The molecule has 4 heterocycles. The highest BCUT2D eigenvalue weighted by atomic mass is 32.1. The van der Waals surface area contributed by atoms with Crippen molar-refractivity contribution in [3.63, 3.8) is 0 Å². The minimum atomic E-state index is 0.111. The average Bonchev–Trinajstić information content (AvgIpc) is 3.48. The second-order valence-electron chi connectivity index (χ2n) is 7.95. The molecule has 5 rings (SSSR count). The predicted molar refractivity (Wildman–Crippen MR) is 112 cm³/mol. The number of thiazole rings is 1. The van der Waals surface area contributed by atoms with Gasteiger partial charge in [0.15, 0.2) is 10.7 Å². The van der Waals surface area contributed by atoms with E-state index in [9.17, 15) is 4.79 Å². The Morgan fingerprint density at radius 3 is 2.75 bits per heavy atom. The Bertz CT molecular complexity index is 957. The number of carbonyl (C=O) groups is 1. The molecular weight excluding hydrogens is 368 g/mol. The first-order valence-electron chi connectivity index (χ1n) is 10.3. The van der Waals surface area contributed by atoms with Gasteiger partial charge in [-0.15, -0.1) is 11.3 Å². The summed E-state index contributed by atoms with van der Waals surface area (Å²) in [4.78, 5) is 23.2. The molecule has 2 aliphatic rings. The molecule has 6 heteroatoms. The molecule has 5 nitrogen and oxygen atoms in total. The maximum absolute atomic E-state index is 13.1. The van der Waals surface area contributed by atoms with E-state index in [1.165, 1.54) is 18.4 Å². The lowest BCUT2D eigenvalue weighted by atomic mass is 9.90. The number of aromatic nitrogens is 2. The summed E-state index contributed by atoms with van der Waals surface area (Å²) in [5, 5.41) is 2.05. The number of likely N-dealkylation sites (tertiary alicyclic amines) is 2. The van der Waals surface area contributed by atoms with E-state index in [4.69, 9.17) is 4.98 Å². The Morgan fingerprint density at radius 1 is 1.11 bits per heavy atom. The molecule has 3 aromatic rings. The lowest BCUT2D eigenvalue weighted by molar-refractivity contribution is 0.0784. The Morgan fingerprint density at radius 2 is 1.93 bits per heavy atom. The first-order chi connectivity index (χ1) is 13.8. The molecule has 1 aromatic carbocycles. The van der Waals surface area contributed by atoms with Crippen molar-refractivity contribution in [1.29, 1.82) is 0 Å². The van der Waals surface area contributed by atoms with Crippen LogP contribution in [0.3, 0.4) is 0 Å². The van der Waals surface area contributed by atoms with Gasteiger partial charge in [0.1, 0.15) is 0 Å². The fraction of sp³-hybridized carbons (Fsp3) is 0.455. The number of hydrogen-bond donors (Lipinski definition) is 0. The number of carbonyl (C=O) groups excluding carboxylic acids is 1. The van der Waals surface area contributed by atoms with Crippen molar-refractivity contribution in [3.05, 3.63) is 58.9 Å². The lowest BCUT2D eigenvalue weighted by Gasteiger charge is -2.33. The van der Waals surface area contributed by atoms with E-state index >= 15 is 0 Å². The molecule has 2 aliphatic heterocycles. The van der Waals surface area contributed by atoms with Crippen LogP contribution < -0.4 is 0 Å². The van der Waals surface area contributed by atoms with Gasteiger partial charge in [-0.1, -0.05) is 30.3 Å². The highest BCUT2D eigenvalue weighted by Gasteiger charge is 2.29. The van der Waals surface area contributed by atoms with Crippen molar-refractivity contribution in [1.82, 2.24) is 19.2 Å². The van der Waals surface area contributed by atoms with Crippen LogP contribution in [-0.2, 0) is 6.54 Å². The summed E-state index contributed by atoms with van der Waals surface area (Å²) >= 11 is 1.60. The molecule has 146 valence electrons. The van der Waals surface area contributed by atoms with Crippen molar-refractivity contribution < 1.29 is 4.79 Å². The molecule has 0 N–H and O–H groups in total. The molecule has 2 aromatic heterocycles. The topological polar surface area (TPSA) is 40.9 Å². The lowest BCUT2D eigenvalue weighted by Crippen LogP contribution is -2.35. The van der Waals surface area contributed by atoms with Crippen LogP contribution in [0.25, 0.3) is 4.96 Å². The van der Waals surface area contributed by atoms with Gasteiger partial charge in [-0.2, -0.15) is 0 Å². The van der Waals surface area contributed by atoms with E-state index in [1.807, 2.05) is 4.90 Å². The summed E-state index contributed by atoms with van der Waals surface area (Å²) in [5.74, 6) is 0.679. The van der Waals surface area contributed by atoms with Crippen LogP contribution in [0.5, 0.6) is 0 Å². The van der Waals surface area contributed by atoms with Gasteiger partial charge < -0.3 is 4.90 Å². The van der Waals surface area contributed by atoms with Gasteiger partial charge >= 0.3 is 0 Å². The van der Waals surface area contributed by atoms with Crippen LogP contribution in [0, 0.1) is 0 Å². The molecule has 28 heavy (non-hydrogen) atoms. The van der Waals surface area contributed by atoms with Crippen LogP contribution in [0.4, 0.5) is 0 Å². The molecule has 2 saturated heterocycles. The van der Waals surface area contributed by atoms with Gasteiger partial charge in [0.05, 0.1) is 5.69 Å². The minimum absolute atomic E-state index is 0.111. The first-order valence-corrected chi connectivity index (χ1v) is 11.2. The maximum atomic E-state index is 13.1. The largest absolute Gasteiger partial charge is 0.337 e. The van der Waals surface area contributed by atoms with E-state index < -0.39 is 0 Å². The molecule has 2 fully saturated rings. The quantitative estimate of drug-likeness (QED) is 0.671. The summed E-state index contributed by atoms with van der Waals surface area (Å²) in [6.07, 6.45) is 6.70. The highest BCUT2D eigenvalue weighted by molar-refractivity contribution is 7.15. The van der Waals surface area contributed by atoms with Gasteiger partial charge in [-0.05, 0) is 43.7 Å². The highest BCUT2D eigenvalue weighted by Crippen LogP contribution is 2.29. The fourth-order valence-electron chi connectivity index (χ4n) is 4.63. The fourth-order valence-corrected chi connectivity index (χ4v) is 5.37. The van der Waals surface area contributed by atoms with Crippen molar-refractivity contribution in [3.8, 4) is 0 Å². The predicted octanol–water partition coefficient (Wildman–Crippen LogP) is 4.01. The van der Waals surface area contributed by atoms with Crippen molar-refractivity contribution in [2.45, 2.75) is 38.1 Å². The minimum Gasteiger partial charge on any atom is -0.337 e. The molecule has 0 spiro atoms. The number of nitrogens with zero attached hydrogens (tertiary/aromatic N) is 4. The number of rotatable bonds is 4. The number of fused-ring (bicyclic) bond motifs is 1. The summed E-state index contributed by atoms with van der Waals surface area (Å²) in [5.41, 5.74) is 3.15. The third-order valence-electron chi connectivity index (χ3n) is 6.11. The Kier molecular flexibility index (Phi) is 4.91. The zero-order valence-corrected chi connectivity index (χ0v) is 16.9. The number of imidazole rings is 1. The molecule has 0 bridgehead atoms. The van der Waals surface area contributed by atoms with Crippen LogP contribution >= 0.6 is 11.3 Å². The van der Waals surface area contributed by atoms with E-state index in [-0.39, 0.29) is 5.91 Å². The third kappa shape index (κ3) is 3.35. The molecule has 1 amide bonds. The van der Waals surface area contributed by atoms with Crippen molar-refractivity contribution in [2.24, 2.45) is 0 Å². The van der Waals surface area contributed by atoms with Crippen LogP contribution in [-0.4, -0.2) is 51.3 Å². The molecule has 0 saturated carbocycles.